The van der Waals surface area contributed by atoms with Crippen LogP contribution in [0.2, 0.25) is 0 Å². The van der Waals surface area contributed by atoms with Crippen LogP contribution in [0.25, 0.3) is 0 Å². The second kappa shape index (κ2) is 5.33. The first-order valence-electron chi connectivity index (χ1n) is 4.38. The minimum absolute atomic E-state index is 0.453. The molecule has 0 bridgehead atoms. The number of rotatable bonds is 4. The zero-order valence-corrected chi connectivity index (χ0v) is 7.91. The second-order valence-electron chi connectivity index (χ2n) is 3.00. The van der Waals surface area contributed by atoms with Gasteiger partial charge in [-0.15, -0.1) is 0 Å². The molecule has 0 heterocycles. The number of carbonyl (C=O) groups is 1. The standard InChI is InChI=1S/C10H12O5/c11-8(6-15-10(13)14)9(12)7-4-2-1-3-5-7/h1-5,8-9,11-12H,6H2,(H,13,14). The molecule has 15 heavy (non-hydrogen) atoms. The number of aliphatic hydroxyl groups is 2. The molecule has 2 unspecified atom stereocenters. The van der Waals surface area contributed by atoms with Gasteiger partial charge >= 0.3 is 6.16 Å². The van der Waals surface area contributed by atoms with E-state index in [9.17, 15) is 15.0 Å². The summed E-state index contributed by atoms with van der Waals surface area (Å²) in [5, 5.41) is 27.2. The summed E-state index contributed by atoms with van der Waals surface area (Å²) in [6, 6.07) is 8.46. The summed E-state index contributed by atoms with van der Waals surface area (Å²) in [7, 11) is 0. The molecule has 3 N–H and O–H groups in total. The Balaban J connectivity index is 2.53. The summed E-state index contributed by atoms with van der Waals surface area (Å²) in [5.74, 6) is 0. The van der Waals surface area contributed by atoms with Crippen molar-refractivity contribution in [3.8, 4) is 0 Å². The van der Waals surface area contributed by atoms with E-state index in [1.807, 2.05) is 0 Å². The van der Waals surface area contributed by atoms with Crippen LogP contribution in [0.15, 0.2) is 30.3 Å². The van der Waals surface area contributed by atoms with Gasteiger partial charge in [-0.25, -0.2) is 4.79 Å². The van der Waals surface area contributed by atoms with Crippen LogP contribution in [0, 0.1) is 0 Å². The van der Waals surface area contributed by atoms with E-state index in [-0.39, 0.29) is 0 Å². The minimum atomic E-state index is -1.48. The average Bonchev–Trinajstić information content (AvgIpc) is 2.26. The summed E-state index contributed by atoms with van der Waals surface area (Å²) in [6.45, 7) is -0.453. The fraction of sp³-hybridized carbons (Fsp3) is 0.300. The second-order valence-corrected chi connectivity index (χ2v) is 3.00. The van der Waals surface area contributed by atoms with Gasteiger partial charge in [-0.2, -0.15) is 0 Å². The quantitative estimate of drug-likeness (QED) is 0.642. The van der Waals surface area contributed by atoms with Crippen LogP contribution in [0.3, 0.4) is 0 Å². The Hall–Kier alpha value is -1.59. The smallest absolute Gasteiger partial charge is 0.450 e. The van der Waals surface area contributed by atoms with E-state index in [0.29, 0.717) is 5.56 Å². The van der Waals surface area contributed by atoms with E-state index in [4.69, 9.17) is 5.11 Å². The van der Waals surface area contributed by atoms with Gasteiger partial charge in [-0.3, -0.25) is 0 Å². The highest BCUT2D eigenvalue weighted by atomic mass is 16.7. The first kappa shape index (κ1) is 11.5. The van der Waals surface area contributed by atoms with Crippen molar-refractivity contribution < 1.29 is 24.9 Å². The van der Waals surface area contributed by atoms with E-state index >= 15 is 0 Å². The zero-order valence-electron chi connectivity index (χ0n) is 7.91. The van der Waals surface area contributed by atoms with Crippen molar-refractivity contribution in [2.75, 3.05) is 6.61 Å². The van der Waals surface area contributed by atoms with Crippen molar-refractivity contribution in [1.29, 1.82) is 0 Å². The maximum absolute atomic E-state index is 10.0. The Morgan fingerprint density at radius 1 is 1.27 bits per heavy atom. The molecule has 1 aromatic rings. The number of hydrogen-bond acceptors (Lipinski definition) is 4. The predicted octanol–water partition coefficient (Wildman–Crippen LogP) is 0.776. The van der Waals surface area contributed by atoms with Gasteiger partial charge in [0.05, 0.1) is 0 Å². The monoisotopic (exact) mass is 212 g/mol. The summed E-state index contributed by atoms with van der Waals surface area (Å²) < 4.78 is 4.15. The summed E-state index contributed by atoms with van der Waals surface area (Å²) in [6.07, 6.45) is -3.89. The minimum Gasteiger partial charge on any atom is -0.450 e. The van der Waals surface area contributed by atoms with E-state index < -0.39 is 25.0 Å². The molecular formula is C10H12O5. The van der Waals surface area contributed by atoms with Gasteiger partial charge in [0.25, 0.3) is 0 Å². The summed E-state index contributed by atoms with van der Waals surface area (Å²) in [5.41, 5.74) is 0.513. The molecule has 1 aromatic carbocycles. The van der Waals surface area contributed by atoms with Gasteiger partial charge in [0, 0.05) is 0 Å². The van der Waals surface area contributed by atoms with Crippen LogP contribution in [0.5, 0.6) is 0 Å². The Morgan fingerprint density at radius 2 is 1.87 bits per heavy atom. The van der Waals surface area contributed by atoms with Crippen LogP contribution in [-0.2, 0) is 4.74 Å². The maximum Gasteiger partial charge on any atom is 0.505 e. The van der Waals surface area contributed by atoms with Gasteiger partial charge in [-0.1, -0.05) is 30.3 Å². The highest BCUT2D eigenvalue weighted by Gasteiger charge is 2.19. The summed E-state index contributed by atoms with van der Waals surface area (Å²) >= 11 is 0. The normalized spacial score (nSPS) is 14.3. The molecule has 0 aliphatic heterocycles. The Kier molecular flexibility index (Phi) is 4.08. The highest BCUT2D eigenvalue weighted by molar-refractivity contribution is 5.56. The molecule has 0 saturated carbocycles. The first-order chi connectivity index (χ1) is 7.11. The van der Waals surface area contributed by atoms with E-state index in [0.717, 1.165) is 0 Å². The van der Waals surface area contributed by atoms with E-state index in [1.165, 1.54) is 0 Å². The van der Waals surface area contributed by atoms with Crippen molar-refractivity contribution >= 4 is 6.16 Å². The lowest BCUT2D eigenvalue weighted by Crippen LogP contribution is -2.25. The number of ether oxygens (including phenoxy) is 1. The SMILES string of the molecule is O=C(O)OCC(O)C(O)c1ccccc1. The van der Waals surface area contributed by atoms with Crippen LogP contribution in [0.1, 0.15) is 11.7 Å². The molecule has 5 nitrogen and oxygen atoms in total. The number of aliphatic hydroxyl groups excluding tert-OH is 2. The lowest BCUT2D eigenvalue weighted by Gasteiger charge is -2.16. The molecule has 1 rings (SSSR count). The number of benzene rings is 1. The molecule has 2 atom stereocenters. The van der Waals surface area contributed by atoms with Crippen LogP contribution < -0.4 is 0 Å². The van der Waals surface area contributed by atoms with E-state index in [1.54, 1.807) is 30.3 Å². The van der Waals surface area contributed by atoms with Crippen molar-refractivity contribution in [3.63, 3.8) is 0 Å². The number of carboxylic acid groups (broad SMARTS) is 1. The largest absolute Gasteiger partial charge is 0.505 e. The molecule has 0 aromatic heterocycles. The molecule has 0 spiro atoms. The van der Waals surface area contributed by atoms with Crippen molar-refractivity contribution in [1.82, 2.24) is 0 Å². The molecule has 0 aliphatic rings. The molecule has 0 radical (unpaired) electrons. The van der Waals surface area contributed by atoms with Crippen molar-refractivity contribution in [2.24, 2.45) is 0 Å². The average molecular weight is 212 g/mol. The Labute approximate surface area is 86.5 Å². The molecule has 0 amide bonds. The molecule has 0 saturated heterocycles. The Morgan fingerprint density at radius 3 is 2.40 bits per heavy atom. The van der Waals surface area contributed by atoms with Crippen LogP contribution >= 0.6 is 0 Å². The van der Waals surface area contributed by atoms with Crippen molar-refractivity contribution in [2.45, 2.75) is 12.2 Å². The fourth-order valence-electron chi connectivity index (χ4n) is 1.12. The van der Waals surface area contributed by atoms with Crippen molar-refractivity contribution in [3.05, 3.63) is 35.9 Å². The third-order valence-electron chi connectivity index (χ3n) is 1.88. The predicted molar refractivity (Wildman–Crippen MR) is 51.4 cm³/mol. The van der Waals surface area contributed by atoms with Crippen LogP contribution in [-0.4, -0.2) is 34.2 Å². The zero-order chi connectivity index (χ0) is 11.3. The van der Waals surface area contributed by atoms with E-state index in [2.05, 4.69) is 4.74 Å². The lowest BCUT2D eigenvalue weighted by molar-refractivity contribution is -0.0293. The number of hydrogen-bond donors (Lipinski definition) is 3. The maximum atomic E-state index is 10.0. The fourth-order valence-corrected chi connectivity index (χ4v) is 1.12. The third kappa shape index (κ3) is 3.57. The topological polar surface area (TPSA) is 87.0 Å². The molecular weight excluding hydrogens is 200 g/mol. The molecule has 0 aliphatic carbocycles. The highest BCUT2D eigenvalue weighted by Crippen LogP contribution is 2.16. The van der Waals surface area contributed by atoms with Crippen LogP contribution in [0.4, 0.5) is 4.79 Å². The molecule has 0 fully saturated rings. The Bertz CT molecular complexity index is 311. The third-order valence-corrected chi connectivity index (χ3v) is 1.88. The van der Waals surface area contributed by atoms with Gasteiger partial charge in [0.15, 0.2) is 0 Å². The first-order valence-corrected chi connectivity index (χ1v) is 4.38. The van der Waals surface area contributed by atoms with Gasteiger partial charge in [0.1, 0.15) is 18.8 Å². The van der Waals surface area contributed by atoms with Gasteiger partial charge in [0.2, 0.25) is 0 Å². The van der Waals surface area contributed by atoms with Gasteiger partial charge < -0.3 is 20.1 Å². The lowest BCUT2D eigenvalue weighted by atomic mass is 10.1. The molecule has 82 valence electrons. The summed E-state index contributed by atoms with van der Waals surface area (Å²) in [4.78, 5) is 10.0. The molecule has 5 heteroatoms. The van der Waals surface area contributed by atoms with Gasteiger partial charge in [-0.05, 0) is 5.56 Å².